The van der Waals surface area contributed by atoms with Crippen LogP contribution in [0.5, 0.6) is 11.5 Å². The molecule has 21 heavy (non-hydrogen) atoms. The van der Waals surface area contributed by atoms with E-state index in [-0.39, 0.29) is 18.1 Å². The fourth-order valence-corrected chi connectivity index (χ4v) is 1.98. The molecule has 1 aromatic heterocycles. The van der Waals surface area contributed by atoms with E-state index in [4.69, 9.17) is 14.7 Å². The molecule has 0 N–H and O–H groups in total. The Balaban J connectivity index is 1.88. The lowest BCUT2D eigenvalue weighted by atomic mass is 10.1. The topological polar surface area (TPSA) is 72.2 Å². The van der Waals surface area contributed by atoms with E-state index in [1.165, 1.54) is 0 Å². The summed E-state index contributed by atoms with van der Waals surface area (Å²) in [6, 6.07) is 10.3. The Morgan fingerprint density at radius 1 is 1.29 bits per heavy atom. The van der Waals surface area contributed by atoms with Crippen LogP contribution >= 0.6 is 0 Å². The Hall–Kier alpha value is -3.13. The number of benzene rings is 1. The molecule has 0 bridgehead atoms. The van der Waals surface area contributed by atoms with Gasteiger partial charge in [-0.2, -0.15) is 5.26 Å². The lowest BCUT2D eigenvalue weighted by Gasteiger charge is -2.02. The van der Waals surface area contributed by atoms with Gasteiger partial charge < -0.3 is 9.47 Å². The average Bonchev–Trinajstić information content (AvgIpc) is 2.82. The van der Waals surface area contributed by atoms with Crippen LogP contribution in [0.2, 0.25) is 0 Å². The van der Waals surface area contributed by atoms with Crippen molar-refractivity contribution >= 4 is 11.9 Å². The highest BCUT2D eigenvalue weighted by atomic mass is 16.5. The molecule has 1 aliphatic rings. The van der Waals surface area contributed by atoms with Crippen molar-refractivity contribution in [2.24, 2.45) is 0 Å². The van der Waals surface area contributed by atoms with Crippen molar-refractivity contribution in [3.05, 3.63) is 59.6 Å². The van der Waals surface area contributed by atoms with Gasteiger partial charge in [-0.15, -0.1) is 0 Å². The summed E-state index contributed by atoms with van der Waals surface area (Å²) in [6.45, 7) is -0.0492. The second-order valence-corrected chi connectivity index (χ2v) is 4.33. The van der Waals surface area contributed by atoms with E-state index in [2.05, 4.69) is 4.98 Å². The molecule has 3 rings (SSSR count). The van der Waals surface area contributed by atoms with Crippen LogP contribution in [0.4, 0.5) is 0 Å². The van der Waals surface area contributed by atoms with Gasteiger partial charge in [0.25, 0.3) is 0 Å². The molecule has 0 amide bonds. The highest BCUT2D eigenvalue weighted by molar-refractivity contribution is 6.14. The highest BCUT2D eigenvalue weighted by Gasteiger charge is 2.27. The fourth-order valence-electron chi connectivity index (χ4n) is 1.98. The quantitative estimate of drug-likeness (QED) is 0.807. The number of pyridine rings is 1. The van der Waals surface area contributed by atoms with E-state index >= 15 is 0 Å². The number of aromatic nitrogens is 1. The molecule has 2 aromatic rings. The maximum atomic E-state index is 12.2. The van der Waals surface area contributed by atoms with E-state index in [1.54, 1.807) is 48.8 Å². The lowest BCUT2D eigenvalue weighted by Crippen LogP contribution is -1.98. The summed E-state index contributed by atoms with van der Waals surface area (Å²) in [5, 5.41) is 8.49. The van der Waals surface area contributed by atoms with Crippen molar-refractivity contribution in [3.8, 4) is 17.6 Å². The minimum atomic E-state index is -0.173. The number of hydrogen-bond acceptors (Lipinski definition) is 5. The van der Waals surface area contributed by atoms with Crippen LogP contribution in [-0.4, -0.2) is 17.4 Å². The first-order valence-electron chi connectivity index (χ1n) is 6.26. The van der Waals surface area contributed by atoms with Gasteiger partial charge in [0, 0.05) is 18.5 Å². The smallest absolute Gasteiger partial charge is 0.231 e. The zero-order valence-corrected chi connectivity index (χ0v) is 10.9. The van der Waals surface area contributed by atoms with E-state index in [0.717, 1.165) is 5.56 Å². The molecule has 1 aliphatic heterocycles. The van der Waals surface area contributed by atoms with Crippen molar-refractivity contribution in [1.82, 2.24) is 4.98 Å². The standard InChI is InChI=1S/C16H10N2O3/c17-5-8-20-12-1-2-13-14(10-12)21-15(16(13)19)9-11-3-6-18-7-4-11/h1-4,6-7,9-10H,8H2/b15-9-. The second-order valence-electron chi connectivity index (χ2n) is 4.33. The van der Waals surface area contributed by atoms with Crippen LogP contribution in [-0.2, 0) is 0 Å². The first-order valence-corrected chi connectivity index (χ1v) is 6.26. The van der Waals surface area contributed by atoms with E-state index in [1.807, 2.05) is 6.07 Å². The summed E-state index contributed by atoms with van der Waals surface area (Å²) in [7, 11) is 0. The summed E-state index contributed by atoms with van der Waals surface area (Å²) < 4.78 is 10.8. The number of carbonyl (C=O) groups excluding carboxylic acids is 1. The average molecular weight is 278 g/mol. The number of ketones is 1. The summed E-state index contributed by atoms with van der Waals surface area (Å²) >= 11 is 0. The number of fused-ring (bicyclic) bond motifs is 1. The van der Waals surface area contributed by atoms with Gasteiger partial charge in [0.1, 0.15) is 17.6 Å². The predicted octanol–water partition coefficient (Wildman–Crippen LogP) is 2.60. The molecule has 0 unspecified atom stereocenters. The molecule has 2 heterocycles. The van der Waals surface area contributed by atoms with Gasteiger partial charge in [-0.3, -0.25) is 9.78 Å². The van der Waals surface area contributed by atoms with Crippen LogP contribution < -0.4 is 9.47 Å². The van der Waals surface area contributed by atoms with Gasteiger partial charge in [-0.1, -0.05) is 0 Å². The van der Waals surface area contributed by atoms with Crippen LogP contribution in [0.3, 0.4) is 0 Å². The van der Waals surface area contributed by atoms with Crippen LogP contribution in [0.25, 0.3) is 6.08 Å². The van der Waals surface area contributed by atoms with E-state index < -0.39 is 0 Å². The van der Waals surface area contributed by atoms with E-state index in [0.29, 0.717) is 17.1 Å². The fraction of sp³-hybridized carbons (Fsp3) is 0.0625. The SMILES string of the molecule is N#CCOc1ccc2c(c1)O/C(=C\c1ccncc1)C2=O. The number of allylic oxidation sites excluding steroid dienone is 1. The third kappa shape index (κ3) is 2.60. The Bertz CT molecular complexity index is 761. The molecule has 0 spiro atoms. The van der Waals surface area contributed by atoms with Crippen molar-refractivity contribution in [2.45, 2.75) is 0 Å². The first kappa shape index (κ1) is 12.9. The summed E-state index contributed by atoms with van der Waals surface area (Å²) in [5.41, 5.74) is 1.32. The molecule has 0 aliphatic carbocycles. The maximum absolute atomic E-state index is 12.2. The van der Waals surface area contributed by atoms with Gasteiger partial charge in [0.05, 0.1) is 5.56 Å². The molecule has 0 saturated carbocycles. The van der Waals surface area contributed by atoms with Gasteiger partial charge in [-0.05, 0) is 35.9 Å². The number of nitrogens with zero attached hydrogens (tertiary/aromatic N) is 2. The molecule has 0 atom stereocenters. The third-order valence-electron chi connectivity index (χ3n) is 2.95. The lowest BCUT2D eigenvalue weighted by molar-refractivity contribution is 0.101. The molecular formula is C16H10N2O3. The normalized spacial score (nSPS) is 14.4. The van der Waals surface area contributed by atoms with Gasteiger partial charge in [-0.25, -0.2) is 0 Å². The van der Waals surface area contributed by atoms with Gasteiger partial charge >= 0.3 is 0 Å². The summed E-state index contributed by atoms with van der Waals surface area (Å²) in [6.07, 6.45) is 4.96. The number of rotatable bonds is 3. The molecule has 0 fully saturated rings. The number of carbonyl (C=O) groups is 1. The minimum absolute atomic E-state index is 0.0492. The summed E-state index contributed by atoms with van der Waals surface area (Å²) in [5.74, 6) is 1.02. The molecule has 102 valence electrons. The number of Topliss-reactive ketones (excluding diaryl/α,β-unsaturated/α-hetero) is 1. The second kappa shape index (κ2) is 5.47. The monoisotopic (exact) mass is 278 g/mol. The number of ether oxygens (including phenoxy) is 2. The Labute approximate surface area is 121 Å². The molecule has 5 heteroatoms. The first-order chi connectivity index (χ1) is 10.3. The molecule has 5 nitrogen and oxygen atoms in total. The Kier molecular flexibility index (Phi) is 3.36. The van der Waals surface area contributed by atoms with Crippen molar-refractivity contribution in [1.29, 1.82) is 5.26 Å². The largest absolute Gasteiger partial charge is 0.479 e. The molecule has 0 saturated heterocycles. The highest BCUT2D eigenvalue weighted by Crippen LogP contribution is 2.34. The van der Waals surface area contributed by atoms with Crippen LogP contribution in [0, 0.1) is 11.3 Å². The zero-order chi connectivity index (χ0) is 14.7. The van der Waals surface area contributed by atoms with Crippen LogP contribution in [0.1, 0.15) is 15.9 Å². The zero-order valence-electron chi connectivity index (χ0n) is 10.9. The Morgan fingerprint density at radius 3 is 2.86 bits per heavy atom. The Morgan fingerprint density at radius 2 is 2.10 bits per heavy atom. The predicted molar refractivity (Wildman–Crippen MR) is 74.7 cm³/mol. The maximum Gasteiger partial charge on any atom is 0.231 e. The molecular weight excluding hydrogens is 268 g/mol. The third-order valence-corrected chi connectivity index (χ3v) is 2.95. The minimum Gasteiger partial charge on any atom is -0.479 e. The summed E-state index contributed by atoms with van der Waals surface area (Å²) in [4.78, 5) is 16.1. The van der Waals surface area contributed by atoms with Gasteiger partial charge in [0.2, 0.25) is 5.78 Å². The number of hydrogen-bond donors (Lipinski definition) is 0. The molecule has 1 aromatic carbocycles. The van der Waals surface area contributed by atoms with Gasteiger partial charge in [0.15, 0.2) is 12.4 Å². The van der Waals surface area contributed by atoms with Crippen molar-refractivity contribution in [2.75, 3.05) is 6.61 Å². The van der Waals surface area contributed by atoms with Crippen molar-refractivity contribution in [3.63, 3.8) is 0 Å². The van der Waals surface area contributed by atoms with E-state index in [9.17, 15) is 4.79 Å². The number of nitriles is 1. The van der Waals surface area contributed by atoms with Crippen LogP contribution in [0.15, 0.2) is 48.5 Å². The van der Waals surface area contributed by atoms with Crippen molar-refractivity contribution < 1.29 is 14.3 Å². The molecule has 0 radical (unpaired) electrons.